The van der Waals surface area contributed by atoms with Crippen LogP contribution in [0.1, 0.15) is 38.4 Å². The van der Waals surface area contributed by atoms with Crippen molar-refractivity contribution in [2.45, 2.75) is 69.3 Å². The molecule has 250 valence electrons. The predicted octanol–water partition coefficient (Wildman–Crippen LogP) is 1.89. The number of hydrogen-bond acceptors (Lipinski definition) is 9. The van der Waals surface area contributed by atoms with Crippen molar-refractivity contribution in [3.63, 3.8) is 0 Å². The Morgan fingerprint density at radius 1 is 1.04 bits per heavy atom. The van der Waals surface area contributed by atoms with E-state index in [0.29, 0.717) is 17.5 Å². The third kappa shape index (κ3) is 5.27. The number of carbonyl (C=O) groups is 4. The number of nitrogens with one attached hydrogen (secondary N) is 1. The molecule has 5 heterocycles. The summed E-state index contributed by atoms with van der Waals surface area (Å²) < 4.78 is 14.3. The molecule has 7 rings (SSSR count). The Hall–Kier alpha value is -4.88. The first-order valence-electron chi connectivity index (χ1n) is 16.3. The maximum absolute atomic E-state index is 14.8. The summed E-state index contributed by atoms with van der Waals surface area (Å²) in [5, 5.41) is 21.8. The largest absolute Gasteiger partial charge is 0.455 e. The third-order valence-electron chi connectivity index (χ3n) is 9.84. The Morgan fingerprint density at radius 2 is 1.81 bits per heavy atom. The lowest BCUT2D eigenvalue weighted by Gasteiger charge is -2.37. The first kappa shape index (κ1) is 31.7. The lowest BCUT2D eigenvalue weighted by Crippen LogP contribution is -2.58. The van der Waals surface area contributed by atoms with Crippen molar-refractivity contribution in [3.05, 3.63) is 84.5 Å². The number of cyclic esters (lactones) is 1. The fraction of sp³-hybridized carbons (Fsp3) is 0.429. The van der Waals surface area contributed by atoms with Gasteiger partial charge in [-0.3, -0.25) is 19.2 Å². The van der Waals surface area contributed by atoms with Crippen LogP contribution in [0.15, 0.2) is 78.9 Å². The lowest BCUT2D eigenvalue weighted by atomic mass is 9.74. The van der Waals surface area contributed by atoms with Crippen molar-refractivity contribution in [2.75, 3.05) is 13.2 Å². The van der Waals surface area contributed by atoms with Crippen molar-refractivity contribution in [2.24, 2.45) is 11.8 Å². The second-order valence-corrected chi connectivity index (χ2v) is 12.9. The molecule has 2 N–H and O–H groups in total. The topological polar surface area (TPSA) is 156 Å². The Balaban J connectivity index is 1.30. The van der Waals surface area contributed by atoms with E-state index in [1.54, 1.807) is 35.6 Å². The Bertz CT molecular complexity index is 1790. The Kier molecular flexibility index (Phi) is 8.34. The summed E-state index contributed by atoms with van der Waals surface area (Å²) in [6.07, 6.45) is 6.02. The molecule has 0 unspecified atom stereocenters. The number of esters is 1. The highest BCUT2D eigenvalue weighted by Crippen LogP contribution is 2.56. The van der Waals surface area contributed by atoms with E-state index in [0.717, 1.165) is 5.52 Å². The summed E-state index contributed by atoms with van der Waals surface area (Å²) in [4.78, 5) is 59.3. The number of hydrogen-bond donors (Lipinski definition) is 2. The molecule has 0 saturated carbocycles. The molecule has 2 saturated heterocycles. The number of allylic oxidation sites excluding steroid dienone is 1. The van der Waals surface area contributed by atoms with Crippen molar-refractivity contribution >= 4 is 34.7 Å². The maximum Gasteiger partial charge on any atom is 0.313 e. The van der Waals surface area contributed by atoms with E-state index in [9.17, 15) is 24.3 Å². The standard InChI is InChI=1S/C35H38N6O7/c1-21(19-42)41-31-33(45)39(20-40-25-14-9-8-13-24(25)37-38-40)18-10-4-7-15-27(43)36-22(2)30(23-11-5-3-6-12-23)47-34(46)28-26-16-17-35(31,48-26)29(28)32(41)44/h3-6,8-14,16-17,21-22,26,28-31,42H,7,15,18-20H2,1-2H3,(H,36,43)/b10-4-/t21-,22-,26+,28-,29-,30+,31+,35-/m1/s1. The number of aromatic nitrogens is 3. The minimum atomic E-state index is -1.46. The van der Waals surface area contributed by atoms with Gasteiger partial charge in [0.1, 0.15) is 35.9 Å². The van der Waals surface area contributed by atoms with Crippen LogP contribution in [0, 0.1) is 11.8 Å². The van der Waals surface area contributed by atoms with Crippen molar-refractivity contribution < 1.29 is 33.8 Å². The van der Waals surface area contributed by atoms with E-state index in [1.165, 1.54) is 4.90 Å². The van der Waals surface area contributed by atoms with Gasteiger partial charge in [0.25, 0.3) is 5.91 Å². The van der Waals surface area contributed by atoms with Gasteiger partial charge in [0.15, 0.2) is 0 Å². The van der Waals surface area contributed by atoms with Gasteiger partial charge in [-0.05, 0) is 38.0 Å². The second-order valence-electron chi connectivity index (χ2n) is 12.9. The van der Waals surface area contributed by atoms with Gasteiger partial charge in [-0.2, -0.15) is 0 Å². The first-order valence-corrected chi connectivity index (χ1v) is 16.3. The minimum absolute atomic E-state index is 0.00579. The monoisotopic (exact) mass is 654 g/mol. The van der Waals surface area contributed by atoms with Crippen molar-refractivity contribution in [1.29, 1.82) is 0 Å². The predicted molar refractivity (Wildman–Crippen MR) is 171 cm³/mol. The number of amides is 3. The van der Waals surface area contributed by atoms with Crippen LogP contribution in [-0.2, 0) is 35.3 Å². The molecule has 4 aliphatic rings. The van der Waals surface area contributed by atoms with Gasteiger partial charge in [0.2, 0.25) is 11.8 Å². The number of nitrogens with zero attached hydrogens (tertiary/aromatic N) is 5. The van der Waals surface area contributed by atoms with Crippen LogP contribution in [0.5, 0.6) is 0 Å². The molecule has 1 aromatic heterocycles. The van der Waals surface area contributed by atoms with Gasteiger partial charge < -0.3 is 29.7 Å². The minimum Gasteiger partial charge on any atom is -0.455 e. The number of fused-ring (bicyclic) bond motifs is 3. The zero-order valence-electron chi connectivity index (χ0n) is 26.7. The summed E-state index contributed by atoms with van der Waals surface area (Å²) in [7, 11) is 0. The number of para-hydroxylation sites is 1. The quantitative estimate of drug-likeness (QED) is 0.310. The molecule has 13 nitrogen and oxygen atoms in total. The average molecular weight is 655 g/mol. The molecule has 0 aliphatic carbocycles. The summed E-state index contributed by atoms with van der Waals surface area (Å²) in [5.74, 6) is -3.91. The fourth-order valence-electron chi connectivity index (χ4n) is 7.53. The number of aliphatic hydroxyl groups excluding tert-OH is 1. The zero-order chi connectivity index (χ0) is 33.6. The molecule has 1 spiro atoms. The molecule has 0 radical (unpaired) electrons. The Labute approximate surface area is 277 Å². The lowest BCUT2D eigenvalue weighted by molar-refractivity contribution is -0.162. The molecule has 2 aromatic carbocycles. The molecule has 8 atom stereocenters. The number of benzene rings is 2. The first-order chi connectivity index (χ1) is 23.2. The van der Waals surface area contributed by atoms with Gasteiger partial charge in [-0.25, -0.2) is 4.68 Å². The smallest absolute Gasteiger partial charge is 0.313 e. The van der Waals surface area contributed by atoms with Gasteiger partial charge in [-0.1, -0.05) is 72.0 Å². The highest BCUT2D eigenvalue weighted by molar-refractivity contribution is 5.99. The fourth-order valence-corrected chi connectivity index (χ4v) is 7.53. The van der Waals surface area contributed by atoms with Crippen LogP contribution in [0.3, 0.4) is 0 Å². The van der Waals surface area contributed by atoms with Gasteiger partial charge in [-0.15, -0.1) is 5.10 Å². The zero-order valence-corrected chi connectivity index (χ0v) is 26.7. The summed E-state index contributed by atoms with van der Waals surface area (Å²) in [6.45, 7) is 3.17. The van der Waals surface area contributed by atoms with Crippen LogP contribution in [0.4, 0.5) is 0 Å². The van der Waals surface area contributed by atoms with E-state index in [1.807, 2.05) is 66.7 Å². The SMILES string of the molecule is C[C@H](CO)N1C(=O)[C@H]2[C@@H]3C(=O)O[C@H](c4ccccc4)[C@@H](C)NC(=O)CC/C=C\CN(Cn4nnc5ccccc54)C(=O)[C@H]1[C@@]21C=C[C@@H]3O1. The number of likely N-dealkylation sites (tertiary alicyclic amines) is 1. The van der Waals surface area contributed by atoms with Gasteiger partial charge in [0, 0.05) is 13.0 Å². The second kappa shape index (κ2) is 12.6. The number of rotatable bonds is 5. The van der Waals surface area contributed by atoms with Crippen molar-refractivity contribution in [3.8, 4) is 0 Å². The van der Waals surface area contributed by atoms with Crippen molar-refractivity contribution in [1.82, 2.24) is 30.1 Å². The molecule has 4 aliphatic heterocycles. The van der Waals surface area contributed by atoms with Gasteiger partial charge in [0.05, 0.1) is 36.2 Å². The van der Waals surface area contributed by atoms with Crippen LogP contribution in [0.25, 0.3) is 11.0 Å². The van der Waals surface area contributed by atoms with Crippen LogP contribution >= 0.6 is 0 Å². The van der Waals surface area contributed by atoms with E-state index in [2.05, 4.69) is 15.6 Å². The molecule has 2 fully saturated rings. The maximum atomic E-state index is 14.8. The molecule has 3 amide bonds. The Morgan fingerprint density at radius 3 is 2.60 bits per heavy atom. The highest BCUT2D eigenvalue weighted by Gasteiger charge is 2.74. The van der Waals surface area contributed by atoms with E-state index >= 15 is 0 Å². The molecular weight excluding hydrogens is 616 g/mol. The molecular formula is C35H38N6O7. The van der Waals surface area contributed by atoms with Crippen LogP contribution in [0.2, 0.25) is 0 Å². The third-order valence-corrected chi connectivity index (χ3v) is 9.84. The number of aliphatic hydroxyl groups is 1. The number of carbonyl (C=O) groups excluding carboxylic acids is 4. The summed E-state index contributed by atoms with van der Waals surface area (Å²) in [6, 6.07) is 14.0. The summed E-state index contributed by atoms with van der Waals surface area (Å²) in [5.41, 5.74) is 0.598. The van der Waals surface area contributed by atoms with Crippen LogP contribution in [-0.4, -0.2) is 96.6 Å². The van der Waals surface area contributed by atoms with E-state index < -0.39 is 72.2 Å². The van der Waals surface area contributed by atoms with E-state index in [4.69, 9.17) is 9.47 Å². The summed E-state index contributed by atoms with van der Waals surface area (Å²) >= 11 is 0. The molecule has 3 aromatic rings. The van der Waals surface area contributed by atoms with E-state index in [-0.39, 0.29) is 25.5 Å². The molecule has 48 heavy (non-hydrogen) atoms. The molecule has 13 heteroatoms. The average Bonchev–Trinajstić information content (AvgIpc) is 3.85. The highest BCUT2D eigenvalue weighted by atomic mass is 16.6. The number of ether oxygens (including phenoxy) is 2. The van der Waals surface area contributed by atoms with Gasteiger partial charge >= 0.3 is 5.97 Å². The van der Waals surface area contributed by atoms with Crippen LogP contribution < -0.4 is 5.32 Å². The normalized spacial score (nSPS) is 32.0. The molecule has 5 bridgehead atoms.